The molecule has 0 N–H and O–H groups in total. The Morgan fingerprint density at radius 3 is 2.33 bits per heavy atom. The lowest BCUT2D eigenvalue weighted by Gasteiger charge is -2.24. The van der Waals surface area contributed by atoms with Gasteiger partial charge in [0.25, 0.3) is 5.91 Å². The standard InChI is InChI=1S/C14H19NOS2/c1-6-15-12-10(3)7-9(2)8-11(12)14(17-4,18-5)13(15)16/h7-8H,6H2,1-5H3. The maximum absolute atomic E-state index is 12.7. The van der Waals surface area contributed by atoms with Crippen LogP contribution in [0, 0.1) is 13.8 Å². The molecule has 1 aromatic rings. The van der Waals surface area contributed by atoms with Gasteiger partial charge in [-0.15, -0.1) is 23.5 Å². The molecule has 98 valence electrons. The molecule has 0 unspecified atom stereocenters. The summed E-state index contributed by atoms with van der Waals surface area (Å²) in [4.78, 5) is 14.7. The number of nitrogens with zero attached hydrogens (tertiary/aromatic N) is 1. The van der Waals surface area contributed by atoms with Gasteiger partial charge in [0.2, 0.25) is 0 Å². The van der Waals surface area contributed by atoms with Crippen molar-refractivity contribution in [1.29, 1.82) is 0 Å². The van der Waals surface area contributed by atoms with Gasteiger partial charge in [0.05, 0.1) is 5.69 Å². The number of likely N-dealkylation sites (N-methyl/N-ethyl adjacent to an activating group) is 1. The smallest absolute Gasteiger partial charge is 0.258 e. The van der Waals surface area contributed by atoms with Crippen LogP contribution in [0.2, 0.25) is 0 Å². The van der Waals surface area contributed by atoms with Crippen LogP contribution in [0.3, 0.4) is 0 Å². The fraction of sp³-hybridized carbons (Fsp3) is 0.500. The molecule has 2 nitrogen and oxygen atoms in total. The molecule has 0 bridgehead atoms. The molecule has 0 saturated heterocycles. The lowest BCUT2D eigenvalue weighted by molar-refractivity contribution is -0.118. The Balaban J connectivity index is 2.75. The van der Waals surface area contributed by atoms with Gasteiger partial charge in [-0.05, 0) is 38.8 Å². The fourth-order valence-electron chi connectivity index (χ4n) is 2.74. The quantitative estimate of drug-likeness (QED) is 0.790. The molecule has 1 heterocycles. The Labute approximate surface area is 118 Å². The van der Waals surface area contributed by atoms with E-state index in [1.54, 1.807) is 23.5 Å². The van der Waals surface area contributed by atoms with Gasteiger partial charge in [0.15, 0.2) is 4.08 Å². The monoisotopic (exact) mass is 281 g/mol. The average Bonchev–Trinajstić information content (AvgIpc) is 2.58. The molecule has 0 saturated carbocycles. The van der Waals surface area contributed by atoms with Gasteiger partial charge in [-0.25, -0.2) is 0 Å². The minimum atomic E-state index is -0.456. The molecule has 1 amide bonds. The van der Waals surface area contributed by atoms with Crippen molar-refractivity contribution in [1.82, 2.24) is 0 Å². The van der Waals surface area contributed by atoms with Crippen molar-refractivity contribution in [2.24, 2.45) is 0 Å². The molecule has 0 aromatic heterocycles. The van der Waals surface area contributed by atoms with E-state index in [0.717, 1.165) is 12.2 Å². The third-order valence-electron chi connectivity index (χ3n) is 3.49. The number of aryl methyl sites for hydroxylation is 2. The number of carbonyl (C=O) groups excluding carboxylic acids is 1. The van der Waals surface area contributed by atoms with Gasteiger partial charge in [-0.2, -0.15) is 0 Å². The summed E-state index contributed by atoms with van der Waals surface area (Å²) >= 11 is 3.28. The highest BCUT2D eigenvalue weighted by Gasteiger charge is 2.50. The number of hydrogen-bond acceptors (Lipinski definition) is 3. The molecule has 1 aliphatic rings. The van der Waals surface area contributed by atoms with Gasteiger partial charge < -0.3 is 4.90 Å². The highest BCUT2D eigenvalue weighted by atomic mass is 32.2. The first kappa shape index (κ1) is 13.8. The largest absolute Gasteiger partial charge is 0.310 e. The van der Waals surface area contributed by atoms with E-state index >= 15 is 0 Å². The number of carbonyl (C=O) groups is 1. The molecule has 18 heavy (non-hydrogen) atoms. The SMILES string of the molecule is CCN1C(=O)C(SC)(SC)c2cc(C)cc(C)c21. The Morgan fingerprint density at radius 1 is 1.22 bits per heavy atom. The van der Waals surface area contributed by atoms with Crippen LogP contribution in [0.4, 0.5) is 5.69 Å². The number of benzene rings is 1. The van der Waals surface area contributed by atoms with Crippen molar-refractivity contribution >= 4 is 35.1 Å². The number of fused-ring (bicyclic) bond motifs is 1. The predicted octanol–water partition coefficient (Wildman–Crippen LogP) is 3.55. The minimum Gasteiger partial charge on any atom is -0.310 e. The van der Waals surface area contributed by atoms with E-state index in [2.05, 4.69) is 26.0 Å². The summed E-state index contributed by atoms with van der Waals surface area (Å²) in [5, 5.41) is 0. The maximum Gasteiger partial charge on any atom is 0.258 e. The third-order valence-corrected chi connectivity index (χ3v) is 6.43. The van der Waals surface area contributed by atoms with Crippen LogP contribution in [0.5, 0.6) is 0 Å². The van der Waals surface area contributed by atoms with Crippen molar-refractivity contribution in [2.45, 2.75) is 24.9 Å². The third kappa shape index (κ3) is 1.69. The second-order valence-corrected chi connectivity index (χ2v) is 6.85. The van der Waals surface area contributed by atoms with Crippen molar-refractivity contribution in [2.75, 3.05) is 24.0 Å². The minimum absolute atomic E-state index is 0.216. The molecule has 0 aliphatic carbocycles. The van der Waals surface area contributed by atoms with Crippen LogP contribution in [0.25, 0.3) is 0 Å². The van der Waals surface area contributed by atoms with Crippen molar-refractivity contribution in [3.05, 3.63) is 28.8 Å². The van der Waals surface area contributed by atoms with Crippen LogP contribution in [0.15, 0.2) is 12.1 Å². The molecule has 0 atom stereocenters. The Hall–Kier alpha value is -0.610. The van der Waals surface area contributed by atoms with Crippen molar-refractivity contribution < 1.29 is 4.79 Å². The Morgan fingerprint density at radius 2 is 1.83 bits per heavy atom. The molecule has 4 heteroatoms. The van der Waals surface area contributed by atoms with Crippen LogP contribution in [0.1, 0.15) is 23.6 Å². The van der Waals surface area contributed by atoms with E-state index in [0.29, 0.717) is 0 Å². The predicted molar refractivity (Wildman–Crippen MR) is 82.7 cm³/mol. The number of rotatable bonds is 3. The second kappa shape index (κ2) is 4.82. The molecule has 1 aliphatic heterocycles. The van der Waals surface area contributed by atoms with Crippen LogP contribution < -0.4 is 4.90 Å². The summed E-state index contributed by atoms with van der Waals surface area (Å²) in [5.41, 5.74) is 4.72. The summed E-state index contributed by atoms with van der Waals surface area (Å²) in [6, 6.07) is 4.33. The first-order valence-electron chi connectivity index (χ1n) is 6.05. The lowest BCUT2D eigenvalue weighted by atomic mass is 10.0. The van der Waals surface area contributed by atoms with Gasteiger partial charge in [0.1, 0.15) is 0 Å². The molecule has 2 rings (SSSR count). The normalized spacial score (nSPS) is 17.2. The zero-order valence-electron chi connectivity index (χ0n) is 11.5. The molecular formula is C14H19NOS2. The van der Waals surface area contributed by atoms with E-state index in [1.807, 2.05) is 24.3 Å². The molecule has 1 aromatic carbocycles. The number of thioether (sulfide) groups is 2. The molecule has 0 radical (unpaired) electrons. The van der Waals surface area contributed by atoms with Gasteiger partial charge in [-0.1, -0.05) is 17.7 Å². The summed E-state index contributed by atoms with van der Waals surface area (Å²) in [5.74, 6) is 0.216. The average molecular weight is 281 g/mol. The molecule has 0 fully saturated rings. The fourth-order valence-corrected chi connectivity index (χ4v) is 4.73. The lowest BCUT2D eigenvalue weighted by Crippen LogP contribution is -2.35. The Bertz CT molecular complexity index is 495. The second-order valence-electron chi connectivity index (χ2n) is 4.55. The topological polar surface area (TPSA) is 20.3 Å². The first-order valence-corrected chi connectivity index (χ1v) is 8.50. The molecule has 0 spiro atoms. The molecular weight excluding hydrogens is 262 g/mol. The zero-order chi connectivity index (χ0) is 13.5. The van der Waals surface area contributed by atoms with Crippen molar-refractivity contribution in [3.8, 4) is 0 Å². The number of anilines is 1. The van der Waals surface area contributed by atoms with Crippen LogP contribution in [-0.4, -0.2) is 25.0 Å². The number of amides is 1. The highest BCUT2D eigenvalue weighted by Crippen LogP contribution is 2.55. The summed E-state index contributed by atoms with van der Waals surface area (Å²) in [6.07, 6.45) is 4.05. The van der Waals surface area contributed by atoms with Gasteiger partial charge in [0, 0.05) is 12.1 Å². The summed E-state index contributed by atoms with van der Waals surface area (Å²) in [6.45, 7) is 6.96. The van der Waals surface area contributed by atoms with E-state index in [1.165, 1.54) is 16.7 Å². The van der Waals surface area contributed by atoms with E-state index < -0.39 is 4.08 Å². The van der Waals surface area contributed by atoms with Gasteiger partial charge in [-0.3, -0.25) is 4.79 Å². The van der Waals surface area contributed by atoms with E-state index in [-0.39, 0.29) is 5.91 Å². The highest BCUT2D eigenvalue weighted by molar-refractivity contribution is 8.18. The summed E-state index contributed by atoms with van der Waals surface area (Å²) < 4.78 is -0.456. The van der Waals surface area contributed by atoms with Crippen LogP contribution in [-0.2, 0) is 8.87 Å². The zero-order valence-corrected chi connectivity index (χ0v) is 13.2. The first-order chi connectivity index (χ1) is 8.51. The van der Waals surface area contributed by atoms with Crippen LogP contribution >= 0.6 is 23.5 Å². The van der Waals surface area contributed by atoms with Crippen molar-refractivity contribution in [3.63, 3.8) is 0 Å². The maximum atomic E-state index is 12.7. The Kier molecular flexibility index (Phi) is 3.70. The number of hydrogen-bond donors (Lipinski definition) is 0. The van der Waals surface area contributed by atoms with Gasteiger partial charge >= 0.3 is 0 Å². The van der Waals surface area contributed by atoms with E-state index in [4.69, 9.17) is 0 Å². The summed E-state index contributed by atoms with van der Waals surface area (Å²) in [7, 11) is 0. The van der Waals surface area contributed by atoms with E-state index in [9.17, 15) is 4.79 Å².